The number of hydrogen-bond acceptors (Lipinski definition) is 1. The lowest BCUT2D eigenvalue weighted by molar-refractivity contribution is -0.116. The van der Waals surface area contributed by atoms with Crippen LogP contribution in [0.2, 0.25) is 0 Å². The minimum atomic E-state index is 0.331. The van der Waals surface area contributed by atoms with E-state index in [1.54, 1.807) is 0 Å². The van der Waals surface area contributed by atoms with Gasteiger partial charge in [0.2, 0.25) is 0 Å². The Kier molecular flexibility index (Phi) is 5.42. The van der Waals surface area contributed by atoms with Crippen molar-refractivity contribution in [1.29, 1.82) is 0 Å². The predicted molar refractivity (Wildman–Crippen MR) is 74.0 cm³/mol. The van der Waals surface area contributed by atoms with Gasteiger partial charge in [0, 0.05) is 6.42 Å². The molecule has 0 aromatic heterocycles. The van der Waals surface area contributed by atoms with E-state index in [9.17, 15) is 4.79 Å². The van der Waals surface area contributed by atoms with Crippen LogP contribution in [0, 0.1) is 11.3 Å². The Morgan fingerprint density at radius 2 is 2.00 bits per heavy atom. The van der Waals surface area contributed by atoms with Crippen molar-refractivity contribution in [3.05, 3.63) is 11.6 Å². The summed E-state index contributed by atoms with van der Waals surface area (Å²) < 4.78 is 0. The summed E-state index contributed by atoms with van der Waals surface area (Å²) in [5.41, 5.74) is 1.45. The molecule has 1 nitrogen and oxygen atoms in total. The molecule has 0 bridgehead atoms. The van der Waals surface area contributed by atoms with E-state index >= 15 is 0 Å². The molecule has 0 heterocycles. The first-order valence-electron chi connectivity index (χ1n) is 7.11. The van der Waals surface area contributed by atoms with Crippen LogP contribution in [-0.4, -0.2) is 5.78 Å². The maximum absolute atomic E-state index is 12.2. The summed E-state index contributed by atoms with van der Waals surface area (Å²) in [5, 5.41) is 0. The molecule has 98 valence electrons. The Hall–Kier alpha value is -0.590. The van der Waals surface area contributed by atoms with Crippen molar-refractivity contribution in [3.8, 4) is 0 Å². The van der Waals surface area contributed by atoms with Crippen molar-refractivity contribution in [2.24, 2.45) is 11.3 Å². The molecule has 17 heavy (non-hydrogen) atoms. The summed E-state index contributed by atoms with van der Waals surface area (Å²) in [5.74, 6) is 0.912. The molecule has 0 amide bonds. The summed E-state index contributed by atoms with van der Waals surface area (Å²) in [7, 11) is 0. The monoisotopic (exact) mass is 236 g/mol. The maximum atomic E-state index is 12.2. The zero-order chi connectivity index (χ0) is 12.9. The molecule has 0 radical (unpaired) electrons. The van der Waals surface area contributed by atoms with Crippen molar-refractivity contribution < 1.29 is 4.79 Å². The van der Waals surface area contributed by atoms with Crippen LogP contribution in [0.1, 0.15) is 72.6 Å². The van der Waals surface area contributed by atoms with Gasteiger partial charge < -0.3 is 0 Å². The first kappa shape index (κ1) is 14.5. The summed E-state index contributed by atoms with van der Waals surface area (Å²) in [6, 6.07) is 0. The van der Waals surface area contributed by atoms with Gasteiger partial charge in [-0.1, -0.05) is 40.2 Å². The highest BCUT2D eigenvalue weighted by molar-refractivity contribution is 5.95. The molecule has 0 saturated carbocycles. The van der Waals surface area contributed by atoms with Gasteiger partial charge in [0.25, 0.3) is 0 Å². The first-order chi connectivity index (χ1) is 7.88. The van der Waals surface area contributed by atoms with Crippen LogP contribution in [0.5, 0.6) is 0 Å². The third-order valence-electron chi connectivity index (χ3n) is 3.39. The molecular weight excluding hydrogens is 208 g/mol. The van der Waals surface area contributed by atoms with E-state index in [1.165, 1.54) is 19.3 Å². The highest BCUT2D eigenvalue weighted by atomic mass is 16.1. The molecule has 0 aliphatic heterocycles. The molecule has 1 aliphatic rings. The van der Waals surface area contributed by atoms with Crippen LogP contribution in [0.4, 0.5) is 0 Å². The van der Waals surface area contributed by atoms with E-state index in [2.05, 4.69) is 33.8 Å². The topological polar surface area (TPSA) is 17.1 Å². The molecule has 1 heteroatoms. The zero-order valence-electron chi connectivity index (χ0n) is 12.0. The van der Waals surface area contributed by atoms with Crippen LogP contribution in [0.3, 0.4) is 0 Å². The Morgan fingerprint density at radius 1 is 1.29 bits per heavy atom. The van der Waals surface area contributed by atoms with Crippen molar-refractivity contribution in [3.63, 3.8) is 0 Å². The molecule has 1 atom stereocenters. The highest BCUT2D eigenvalue weighted by Crippen LogP contribution is 2.28. The molecule has 1 aliphatic carbocycles. The standard InChI is InChI=1S/C16H28O/c1-13(12-16(2,3)4)11-15(17)14-9-7-5-6-8-10-14/h9,13H,5-8,10-12H2,1-4H3. The molecule has 1 unspecified atom stereocenters. The Bertz CT molecular complexity index is 280. The number of carbonyl (C=O) groups excluding carboxylic acids is 1. The lowest BCUT2D eigenvalue weighted by atomic mass is 9.82. The normalized spacial score (nSPS) is 19.4. The third kappa shape index (κ3) is 6.05. The van der Waals surface area contributed by atoms with Gasteiger partial charge in [0.15, 0.2) is 5.78 Å². The molecule has 1 rings (SSSR count). The molecular formula is C16H28O. The van der Waals surface area contributed by atoms with Crippen molar-refractivity contribution in [2.45, 2.75) is 72.6 Å². The van der Waals surface area contributed by atoms with Crippen molar-refractivity contribution >= 4 is 5.78 Å². The summed E-state index contributed by atoms with van der Waals surface area (Å²) >= 11 is 0. The van der Waals surface area contributed by atoms with Gasteiger partial charge in [-0.3, -0.25) is 4.79 Å². The van der Waals surface area contributed by atoms with Crippen LogP contribution in [0.15, 0.2) is 11.6 Å². The Balaban J connectivity index is 2.45. The van der Waals surface area contributed by atoms with E-state index in [4.69, 9.17) is 0 Å². The van der Waals surface area contributed by atoms with Crippen molar-refractivity contribution in [2.75, 3.05) is 0 Å². The van der Waals surface area contributed by atoms with Gasteiger partial charge >= 0.3 is 0 Å². The third-order valence-corrected chi connectivity index (χ3v) is 3.39. The fraction of sp³-hybridized carbons (Fsp3) is 0.812. The number of rotatable bonds is 4. The van der Waals surface area contributed by atoms with E-state index in [0.29, 0.717) is 17.1 Å². The lowest BCUT2D eigenvalue weighted by Crippen LogP contribution is -2.15. The largest absolute Gasteiger partial charge is 0.295 e. The minimum absolute atomic E-state index is 0.331. The first-order valence-corrected chi connectivity index (χ1v) is 7.11. The van der Waals surface area contributed by atoms with Crippen LogP contribution in [-0.2, 0) is 4.79 Å². The fourth-order valence-corrected chi connectivity index (χ4v) is 2.83. The minimum Gasteiger partial charge on any atom is -0.295 e. The highest BCUT2D eigenvalue weighted by Gasteiger charge is 2.19. The van der Waals surface area contributed by atoms with Gasteiger partial charge in [-0.05, 0) is 49.0 Å². The van der Waals surface area contributed by atoms with Crippen LogP contribution >= 0.6 is 0 Å². The van der Waals surface area contributed by atoms with E-state index < -0.39 is 0 Å². The maximum Gasteiger partial charge on any atom is 0.158 e. The molecule has 0 spiro atoms. The number of Topliss-reactive ketones (excluding diaryl/α,β-unsaturated/α-hetero) is 1. The number of carbonyl (C=O) groups is 1. The number of ketones is 1. The molecule has 0 aromatic carbocycles. The quantitative estimate of drug-likeness (QED) is 0.678. The average Bonchev–Trinajstić information content (AvgIpc) is 2.41. The molecule has 0 saturated heterocycles. The van der Waals surface area contributed by atoms with E-state index in [-0.39, 0.29) is 0 Å². The Labute approximate surface area is 107 Å². The second-order valence-corrected chi connectivity index (χ2v) is 6.83. The predicted octanol–water partition coefficient (Wildman–Crippen LogP) is 4.91. The van der Waals surface area contributed by atoms with Gasteiger partial charge in [-0.15, -0.1) is 0 Å². The average molecular weight is 236 g/mol. The van der Waals surface area contributed by atoms with Gasteiger partial charge in [0.1, 0.15) is 0 Å². The summed E-state index contributed by atoms with van der Waals surface area (Å²) in [6.07, 6.45) is 9.93. The lowest BCUT2D eigenvalue weighted by Gasteiger charge is -2.23. The van der Waals surface area contributed by atoms with Crippen molar-refractivity contribution in [1.82, 2.24) is 0 Å². The van der Waals surface area contributed by atoms with Crippen LogP contribution in [0.25, 0.3) is 0 Å². The molecule has 0 N–H and O–H groups in total. The van der Waals surface area contributed by atoms with E-state index in [1.807, 2.05) is 0 Å². The number of allylic oxidation sites excluding steroid dienone is 2. The zero-order valence-corrected chi connectivity index (χ0v) is 12.0. The van der Waals surface area contributed by atoms with Gasteiger partial charge in [-0.25, -0.2) is 0 Å². The second kappa shape index (κ2) is 6.37. The second-order valence-electron chi connectivity index (χ2n) is 6.83. The molecule has 0 aromatic rings. The Morgan fingerprint density at radius 3 is 2.65 bits per heavy atom. The van der Waals surface area contributed by atoms with Gasteiger partial charge in [-0.2, -0.15) is 0 Å². The number of hydrogen-bond donors (Lipinski definition) is 0. The van der Waals surface area contributed by atoms with Gasteiger partial charge in [0.05, 0.1) is 0 Å². The smallest absolute Gasteiger partial charge is 0.158 e. The summed E-state index contributed by atoms with van der Waals surface area (Å²) in [6.45, 7) is 8.96. The summed E-state index contributed by atoms with van der Waals surface area (Å²) in [4.78, 5) is 12.2. The fourth-order valence-electron chi connectivity index (χ4n) is 2.83. The molecule has 0 fully saturated rings. The SMILES string of the molecule is CC(CC(=O)C1=CCCCCC1)CC(C)(C)C. The van der Waals surface area contributed by atoms with E-state index in [0.717, 1.165) is 31.3 Å². The van der Waals surface area contributed by atoms with Crippen LogP contribution < -0.4 is 0 Å².